The van der Waals surface area contributed by atoms with Crippen molar-refractivity contribution in [3.63, 3.8) is 0 Å². The van der Waals surface area contributed by atoms with Crippen molar-refractivity contribution in [3.8, 4) is 0 Å². The number of morpholine rings is 1. The molecule has 0 aliphatic carbocycles. The maximum absolute atomic E-state index is 14.0. The van der Waals surface area contributed by atoms with Crippen LogP contribution in [0.1, 0.15) is 16.7 Å². The molecule has 0 unspecified atom stereocenters. The van der Waals surface area contributed by atoms with Gasteiger partial charge in [-0.05, 0) is 16.7 Å². The minimum Gasteiger partial charge on any atom is -0.394 e. The fourth-order valence-corrected chi connectivity index (χ4v) is 7.11. The van der Waals surface area contributed by atoms with Crippen molar-refractivity contribution in [1.29, 1.82) is 0 Å². The van der Waals surface area contributed by atoms with E-state index in [2.05, 4.69) is 9.97 Å². The summed E-state index contributed by atoms with van der Waals surface area (Å²) in [5.41, 5.74) is 1.62. The summed E-state index contributed by atoms with van der Waals surface area (Å²) in [5, 5.41) is 33.1. The molecule has 44 heavy (non-hydrogen) atoms. The van der Waals surface area contributed by atoms with E-state index >= 15 is 0 Å². The molecule has 4 atom stereocenters. The van der Waals surface area contributed by atoms with Crippen molar-refractivity contribution in [2.24, 2.45) is 0 Å². The van der Waals surface area contributed by atoms with Crippen LogP contribution in [0.3, 0.4) is 0 Å². The molecule has 11 nitrogen and oxygen atoms in total. The summed E-state index contributed by atoms with van der Waals surface area (Å²) in [6, 6.07) is 29.9. The SMILES string of the molecule is O=c1[nH]cnc2c1N(C(c1ccccc1)(c1ccccc1)c1ccccc1)CN2[C@]1(N2CCOCC2)O[C@H](CO)[C@@H](O)[C@H]1O. The molecule has 3 aliphatic rings. The Balaban J connectivity index is 1.51. The molecule has 4 heterocycles. The number of hydrogen-bond donors (Lipinski definition) is 4. The predicted octanol–water partition coefficient (Wildman–Crippen LogP) is 1.44. The zero-order chi connectivity index (χ0) is 30.3. The van der Waals surface area contributed by atoms with Crippen LogP contribution in [0.4, 0.5) is 11.5 Å². The Morgan fingerprint density at radius 2 is 1.43 bits per heavy atom. The number of benzene rings is 3. The smallest absolute Gasteiger partial charge is 0.276 e. The van der Waals surface area contributed by atoms with Gasteiger partial charge in [0.2, 0.25) is 5.85 Å². The number of anilines is 2. The van der Waals surface area contributed by atoms with Gasteiger partial charge in [-0.15, -0.1) is 0 Å². The Hall–Kier alpha value is -4.10. The van der Waals surface area contributed by atoms with Crippen LogP contribution in [0.5, 0.6) is 0 Å². The van der Waals surface area contributed by atoms with E-state index in [0.29, 0.717) is 26.3 Å². The number of ether oxygens (including phenoxy) is 2. The third-order valence-electron chi connectivity index (χ3n) is 9.04. The Bertz CT molecular complexity index is 1540. The molecule has 1 aromatic heterocycles. The van der Waals surface area contributed by atoms with Crippen LogP contribution in [0.2, 0.25) is 0 Å². The largest absolute Gasteiger partial charge is 0.394 e. The third-order valence-corrected chi connectivity index (χ3v) is 9.04. The monoisotopic (exact) mass is 597 g/mol. The molecule has 0 spiro atoms. The highest BCUT2D eigenvalue weighted by atomic mass is 16.6. The van der Waals surface area contributed by atoms with Gasteiger partial charge in [0.15, 0.2) is 5.82 Å². The molecule has 2 saturated heterocycles. The number of aliphatic hydroxyl groups excluding tert-OH is 3. The third kappa shape index (κ3) is 4.20. The Kier molecular flexibility index (Phi) is 7.45. The lowest BCUT2D eigenvalue weighted by Gasteiger charge is -2.50. The van der Waals surface area contributed by atoms with E-state index in [1.165, 1.54) is 6.33 Å². The van der Waals surface area contributed by atoms with E-state index in [9.17, 15) is 20.1 Å². The molecule has 3 aliphatic heterocycles. The summed E-state index contributed by atoms with van der Waals surface area (Å²) in [7, 11) is 0. The van der Waals surface area contributed by atoms with Gasteiger partial charge in [0.1, 0.15) is 29.5 Å². The van der Waals surface area contributed by atoms with Gasteiger partial charge < -0.3 is 34.7 Å². The molecule has 7 rings (SSSR count). The van der Waals surface area contributed by atoms with Gasteiger partial charge >= 0.3 is 0 Å². The second-order valence-corrected chi connectivity index (χ2v) is 11.2. The summed E-state index contributed by atoms with van der Waals surface area (Å²) < 4.78 is 12.1. The number of aromatic nitrogens is 2. The number of hydrogen-bond acceptors (Lipinski definition) is 10. The van der Waals surface area contributed by atoms with Crippen molar-refractivity contribution in [1.82, 2.24) is 14.9 Å². The van der Waals surface area contributed by atoms with E-state index in [0.717, 1.165) is 16.7 Å². The number of fused-ring (bicyclic) bond motifs is 1. The Morgan fingerprint density at radius 3 is 1.93 bits per heavy atom. The van der Waals surface area contributed by atoms with Crippen molar-refractivity contribution in [3.05, 3.63) is 124 Å². The average molecular weight is 598 g/mol. The molecule has 3 aromatic carbocycles. The lowest BCUT2D eigenvalue weighted by molar-refractivity contribution is -0.204. The van der Waals surface area contributed by atoms with Crippen LogP contribution in [0.15, 0.2) is 102 Å². The van der Waals surface area contributed by atoms with Gasteiger partial charge in [-0.1, -0.05) is 91.0 Å². The van der Waals surface area contributed by atoms with Gasteiger partial charge in [-0.25, -0.2) is 4.98 Å². The normalized spacial score (nSPS) is 25.8. The quantitative estimate of drug-likeness (QED) is 0.232. The first-order valence-electron chi connectivity index (χ1n) is 14.8. The van der Waals surface area contributed by atoms with Crippen molar-refractivity contribution in [2.75, 3.05) is 49.4 Å². The zero-order valence-corrected chi connectivity index (χ0v) is 24.1. The lowest BCUT2D eigenvalue weighted by atomic mass is 9.75. The van der Waals surface area contributed by atoms with Crippen molar-refractivity contribution in [2.45, 2.75) is 29.7 Å². The fourth-order valence-electron chi connectivity index (χ4n) is 7.11. The van der Waals surface area contributed by atoms with Crippen LogP contribution < -0.4 is 15.4 Å². The molecule has 11 heteroatoms. The van der Waals surface area contributed by atoms with Gasteiger partial charge in [0, 0.05) is 13.1 Å². The Morgan fingerprint density at radius 1 is 0.886 bits per heavy atom. The summed E-state index contributed by atoms with van der Waals surface area (Å²) in [6.45, 7) is 1.09. The number of nitrogens with one attached hydrogen (secondary N) is 1. The number of aromatic amines is 1. The summed E-state index contributed by atoms with van der Waals surface area (Å²) >= 11 is 0. The molecular formula is C33H35N5O6. The molecular weight excluding hydrogens is 562 g/mol. The summed E-state index contributed by atoms with van der Waals surface area (Å²) in [5.74, 6) is -1.37. The maximum Gasteiger partial charge on any atom is 0.276 e. The number of H-pyrrole nitrogens is 1. The van der Waals surface area contributed by atoms with E-state index in [-0.39, 0.29) is 23.7 Å². The number of nitrogens with zero attached hydrogens (tertiary/aromatic N) is 4. The van der Waals surface area contributed by atoms with E-state index < -0.39 is 36.3 Å². The second kappa shape index (κ2) is 11.4. The summed E-state index contributed by atoms with van der Waals surface area (Å²) in [6.07, 6.45) is -2.58. The molecule has 0 bridgehead atoms. The first-order chi connectivity index (χ1) is 21.5. The summed E-state index contributed by atoms with van der Waals surface area (Å²) in [4.78, 5) is 27.1. The van der Waals surface area contributed by atoms with Gasteiger partial charge in [0.05, 0.1) is 32.8 Å². The van der Waals surface area contributed by atoms with Crippen molar-refractivity contribution >= 4 is 11.5 Å². The highest BCUT2D eigenvalue weighted by Crippen LogP contribution is 2.52. The van der Waals surface area contributed by atoms with Gasteiger partial charge in [0.25, 0.3) is 5.56 Å². The van der Waals surface area contributed by atoms with E-state index in [1.807, 2.05) is 101 Å². The minimum atomic E-state index is -1.66. The van der Waals surface area contributed by atoms with Crippen LogP contribution in [-0.4, -0.2) is 93.9 Å². The highest BCUT2D eigenvalue weighted by molar-refractivity contribution is 5.77. The molecule has 228 valence electrons. The molecule has 0 amide bonds. The fraction of sp³-hybridized carbons (Fsp3) is 0.333. The van der Waals surface area contributed by atoms with Gasteiger partial charge in [-0.3, -0.25) is 14.6 Å². The average Bonchev–Trinajstić information content (AvgIpc) is 3.60. The molecule has 0 radical (unpaired) electrons. The maximum atomic E-state index is 14.0. The number of aliphatic hydroxyl groups is 3. The van der Waals surface area contributed by atoms with Crippen molar-refractivity contribution < 1.29 is 24.8 Å². The molecule has 4 N–H and O–H groups in total. The van der Waals surface area contributed by atoms with E-state index in [4.69, 9.17) is 9.47 Å². The van der Waals surface area contributed by atoms with E-state index in [1.54, 1.807) is 4.90 Å². The predicted molar refractivity (Wildman–Crippen MR) is 163 cm³/mol. The molecule has 4 aromatic rings. The van der Waals surface area contributed by atoms with Crippen LogP contribution in [0.25, 0.3) is 0 Å². The molecule has 0 saturated carbocycles. The first kappa shape index (κ1) is 28.7. The molecule has 2 fully saturated rings. The zero-order valence-electron chi connectivity index (χ0n) is 24.1. The van der Waals surface area contributed by atoms with Crippen LogP contribution in [-0.2, 0) is 15.0 Å². The highest BCUT2D eigenvalue weighted by Gasteiger charge is 2.64. The second-order valence-electron chi connectivity index (χ2n) is 11.2. The lowest BCUT2D eigenvalue weighted by Crippen LogP contribution is -2.70. The minimum absolute atomic E-state index is 0.0490. The first-order valence-corrected chi connectivity index (χ1v) is 14.8. The van der Waals surface area contributed by atoms with Gasteiger partial charge in [-0.2, -0.15) is 0 Å². The van der Waals surface area contributed by atoms with Crippen LogP contribution in [0, 0.1) is 0 Å². The van der Waals surface area contributed by atoms with Crippen LogP contribution >= 0.6 is 0 Å². The number of rotatable bonds is 7. The standard InChI is InChI=1S/C33H35N5O6/c39-20-26-28(40)29(41)33(44-26,36-16-18-43-19-17-36)38-22-37(27-30(38)34-21-35-31(27)42)32(23-10-4-1-5-11-23,24-12-6-2-7-13-24)25-14-8-3-9-15-25/h1-15,21,26,28-29,39-41H,16-20,22H2,(H,34,35,42)/t26-,28-,29-,33+/m1/s1. The topological polar surface area (TPSA) is 135 Å². The Labute approximate surface area is 254 Å².